The summed E-state index contributed by atoms with van der Waals surface area (Å²) in [5.41, 5.74) is -0.0165. The first-order valence-electron chi connectivity index (χ1n) is 13.2. The Morgan fingerprint density at radius 1 is 1.00 bits per heavy atom. The molecule has 42 heavy (non-hydrogen) atoms. The van der Waals surface area contributed by atoms with Crippen molar-refractivity contribution in [1.29, 1.82) is 0 Å². The summed E-state index contributed by atoms with van der Waals surface area (Å²) >= 11 is 12.4. The number of carbonyl (C=O) groups is 2. The molecule has 0 bridgehead atoms. The lowest BCUT2D eigenvalue weighted by atomic mass is 10.1. The molecule has 0 unspecified atom stereocenters. The molecular formula is C30H34Cl2FN3O5S. The molecule has 1 N–H and O–H groups in total. The van der Waals surface area contributed by atoms with Crippen molar-refractivity contribution in [2.45, 2.75) is 57.6 Å². The number of nitrogens with one attached hydrogen (secondary N) is 1. The first-order chi connectivity index (χ1) is 19.6. The summed E-state index contributed by atoms with van der Waals surface area (Å²) in [6, 6.07) is 14.2. The summed E-state index contributed by atoms with van der Waals surface area (Å²) in [5.74, 6) is -1.22. The summed E-state index contributed by atoms with van der Waals surface area (Å²) in [7, 11) is -4.32. The lowest BCUT2D eigenvalue weighted by Gasteiger charge is -2.33. The molecule has 0 aliphatic carbocycles. The highest BCUT2D eigenvalue weighted by Crippen LogP contribution is 2.27. The molecule has 0 fully saturated rings. The maximum absolute atomic E-state index is 14.0. The minimum Gasteiger partial charge on any atom is -0.494 e. The van der Waals surface area contributed by atoms with Crippen LogP contribution in [0.5, 0.6) is 5.75 Å². The van der Waals surface area contributed by atoms with E-state index in [1.807, 2.05) is 0 Å². The van der Waals surface area contributed by atoms with Gasteiger partial charge in [0.25, 0.3) is 10.0 Å². The van der Waals surface area contributed by atoms with E-state index in [2.05, 4.69) is 5.32 Å². The van der Waals surface area contributed by atoms with E-state index in [0.29, 0.717) is 22.9 Å². The Balaban J connectivity index is 2.05. The Morgan fingerprint density at radius 3 is 2.17 bits per heavy atom. The minimum absolute atomic E-state index is 0.0647. The summed E-state index contributed by atoms with van der Waals surface area (Å²) in [6.07, 6.45) is 0. The topological polar surface area (TPSA) is 96.0 Å². The van der Waals surface area contributed by atoms with Crippen molar-refractivity contribution < 1.29 is 27.1 Å². The molecular weight excluding hydrogens is 604 g/mol. The van der Waals surface area contributed by atoms with E-state index in [9.17, 15) is 22.4 Å². The molecule has 0 heterocycles. The largest absolute Gasteiger partial charge is 0.494 e. The van der Waals surface area contributed by atoms with Crippen LogP contribution in [-0.4, -0.2) is 49.9 Å². The van der Waals surface area contributed by atoms with Gasteiger partial charge in [0.1, 0.15) is 24.2 Å². The van der Waals surface area contributed by atoms with Gasteiger partial charge in [0.15, 0.2) is 0 Å². The van der Waals surface area contributed by atoms with Gasteiger partial charge in [-0.25, -0.2) is 12.8 Å². The van der Waals surface area contributed by atoms with E-state index in [1.54, 1.807) is 46.8 Å². The fraction of sp³-hybridized carbons (Fsp3) is 0.333. The molecule has 0 saturated heterocycles. The highest BCUT2D eigenvalue weighted by molar-refractivity contribution is 7.92. The first-order valence-corrected chi connectivity index (χ1v) is 15.4. The molecule has 0 radical (unpaired) electrons. The van der Waals surface area contributed by atoms with Gasteiger partial charge in [-0.1, -0.05) is 29.3 Å². The van der Waals surface area contributed by atoms with Crippen LogP contribution in [0.4, 0.5) is 10.1 Å². The van der Waals surface area contributed by atoms with Gasteiger partial charge < -0.3 is 15.0 Å². The van der Waals surface area contributed by atoms with Gasteiger partial charge in [-0.05, 0) is 101 Å². The third-order valence-electron chi connectivity index (χ3n) is 6.14. The molecule has 0 spiro atoms. The average molecular weight is 639 g/mol. The maximum Gasteiger partial charge on any atom is 0.264 e. The van der Waals surface area contributed by atoms with Gasteiger partial charge in [0.05, 0.1) is 17.2 Å². The van der Waals surface area contributed by atoms with E-state index in [0.717, 1.165) is 16.4 Å². The number of rotatable bonds is 11. The van der Waals surface area contributed by atoms with Gasteiger partial charge in [-0.15, -0.1) is 0 Å². The fourth-order valence-electron chi connectivity index (χ4n) is 4.03. The number of ether oxygens (including phenoxy) is 1. The van der Waals surface area contributed by atoms with Crippen molar-refractivity contribution in [3.05, 3.63) is 88.2 Å². The van der Waals surface area contributed by atoms with E-state index >= 15 is 0 Å². The number of anilines is 1. The van der Waals surface area contributed by atoms with Crippen LogP contribution in [0.25, 0.3) is 0 Å². The number of halogens is 3. The molecule has 0 aromatic heterocycles. The summed E-state index contributed by atoms with van der Waals surface area (Å²) < 4.78 is 47.9. The van der Waals surface area contributed by atoms with Crippen LogP contribution in [0.3, 0.4) is 0 Å². The zero-order chi connectivity index (χ0) is 31.2. The van der Waals surface area contributed by atoms with Crippen molar-refractivity contribution >= 4 is 50.7 Å². The third kappa shape index (κ3) is 8.59. The third-order valence-corrected chi connectivity index (χ3v) is 8.51. The number of sulfonamides is 1. The lowest BCUT2D eigenvalue weighted by molar-refractivity contribution is -0.140. The quantitative estimate of drug-likeness (QED) is 0.276. The van der Waals surface area contributed by atoms with Crippen molar-refractivity contribution in [1.82, 2.24) is 10.2 Å². The second-order valence-electron chi connectivity index (χ2n) is 10.6. The molecule has 2 amide bonds. The molecule has 3 aromatic rings. The lowest BCUT2D eigenvalue weighted by Crippen LogP contribution is -2.54. The molecule has 0 aliphatic rings. The predicted molar refractivity (Wildman–Crippen MR) is 163 cm³/mol. The number of amides is 2. The van der Waals surface area contributed by atoms with Crippen molar-refractivity contribution in [2.24, 2.45) is 0 Å². The van der Waals surface area contributed by atoms with Crippen LogP contribution < -0.4 is 14.4 Å². The normalized spacial score (nSPS) is 12.4. The Kier molecular flexibility index (Phi) is 10.9. The fourth-order valence-corrected chi connectivity index (χ4v) is 5.91. The summed E-state index contributed by atoms with van der Waals surface area (Å²) in [6.45, 7) is 8.38. The van der Waals surface area contributed by atoms with Crippen LogP contribution in [0.1, 0.15) is 40.2 Å². The number of benzene rings is 3. The molecule has 12 heteroatoms. The second kappa shape index (κ2) is 13.8. The standard InChI is InChI=1S/C30H34Cl2FN3O5S/c1-6-41-25-13-15-26(16-14-25)42(39,40)36(24-11-9-23(33)10-12-24)19-28(37)35(20(2)29(38)34-30(3,4)5)18-21-7-8-22(31)17-27(21)32/h7-17,20H,6,18-19H2,1-5H3,(H,34,38)/t20-/m1/s1. The molecule has 0 aliphatic heterocycles. The van der Waals surface area contributed by atoms with Gasteiger partial charge >= 0.3 is 0 Å². The molecule has 3 aromatic carbocycles. The van der Waals surface area contributed by atoms with Crippen LogP contribution in [0, 0.1) is 5.82 Å². The van der Waals surface area contributed by atoms with Gasteiger partial charge in [-0.3, -0.25) is 13.9 Å². The zero-order valence-electron chi connectivity index (χ0n) is 24.0. The van der Waals surface area contributed by atoms with Crippen LogP contribution in [0.2, 0.25) is 10.0 Å². The SMILES string of the molecule is CCOc1ccc(S(=O)(=O)N(CC(=O)N(Cc2ccc(Cl)cc2Cl)[C@H](C)C(=O)NC(C)(C)C)c2ccc(F)cc2)cc1. The Labute approximate surface area is 256 Å². The van der Waals surface area contributed by atoms with E-state index in [1.165, 1.54) is 47.4 Å². The smallest absolute Gasteiger partial charge is 0.264 e. The van der Waals surface area contributed by atoms with E-state index < -0.39 is 45.8 Å². The van der Waals surface area contributed by atoms with Crippen molar-refractivity contribution in [2.75, 3.05) is 17.5 Å². The van der Waals surface area contributed by atoms with E-state index in [4.69, 9.17) is 27.9 Å². The number of nitrogens with zero attached hydrogens (tertiary/aromatic N) is 2. The Morgan fingerprint density at radius 2 is 1.62 bits per heavy atom. The molecule has 8 nitrogen and oxygen atoms in total. The maximum atomic E-state index is 14.0. The average Bonchev–Trinajstić information content (AvgIpc) is 2.91. The molecule has 1 atom stereocenters. The van der Waals surface area contributed by atoms with Crippen molar-refractivity contribution in [3.63, 3.8) is 0 Å². The Bertz CT molecular complexity index is 1510. The predicted octanol–water partition coefficient (Wildman–Crippen LogP) is 6.06. The highest BCUT2D eigenvalue weighted by atomic mass is 35.5. The van der Waals surface area contributed by atoms with Crippen LogP contribution in [0.15, 0.2) is 71.6 Å². The number of carbonyl (C=O) groups excluding carboxylic acids is 2. The minimum atomic E-state index is -4.32. The molecule has 0 saturated carbocycles. The highest BCUT2D eigenvalue weighted by Gasteiger charge is 2.33. The summed E-state index contributed by atoms with van der Waals surface area (Å²) in [5, 5.41) is 3.53. The monoisotopic (exact) mass is 637 g/mol. The molecule has 3 rings (SSSR count). The summed E-state index contributed by atoms with van der Waals surface area (Å²) in [4.78, 5) is 28.3. The van der Waals surface area contributed by atoms with E-state index in [-0.39, 0.29) is 22.2 Å². The zero-order valence-corrected chi connectivity index (χ0v) is 26.4. The van der Waals surface area contributed by atoms with Gasteiger partial charge in [0.2, 0.25) is 11.8 Å². The van der Waals surface area contributed by atoms with Gasteiger partial charge in [0, 0.05) is 22.1 Å². The second-order valence-corrected chi connectivity index (χ2v) is 13.3. The van der Waals surface area contributed by atoms with Gasteiger partial charge in [-0.2, -0.15) is 0 Å². The first kappa shape index (κ1) is 33.2. The number of hydrogen-bond acceptors (Lipinski definition) is 5. The Hall–Kier alpha value is -3.34. The van der Waals surface area contributed by atoms with Crippen LogP contribution >= 0.6 is 23.2 Å². The molecule has 226 valence electrons. The van der Waals surface area contributed by atoms with Crippen molar-refractivity contribution in [3.8, 4) is 5.75 Å². The van der Waals surface area contributed by atoms with Crippen LogP contribution in [-0.2, 0) is 26.2 Å². The number of hydrogen-bond donors (Lipinski definition) is 1.